The van der Waals surface area contributed by atoms with Crippen LogP contribution < -0.4 is 10.5 Å². The van der Waals surface area contributed by atoms with Crippen LogP contribution in [0.4, 0.5) is 10.1 Å². The molecule has 108 valence electrons. The fourth-order valence-corrected chi connectivity index (χ4v) is 2.59. The molecule has 0 aliphatic heterocycles. The molecule has 1 heterocycles. The van der Waals surface area contributed by atoms with Crippen LogP contribution in [0.2, 0.25) is 0 Å². The lowest BCUT2D eigenvalue weighted by Gasteiger charge is -2.08. The van der Waals surface area contributed by atoms with Crippen LogP contribution in [0.5, 0.6) is 0 Å². The molecule has 0 aliphatic rings. The van der Waals surface area contributed by atoms with Crippen LogP contribution in [0, 0.1) is 17.7 Å². The molecule has 0 saturated carbocycles. The van der Waals surface area contributed by atoms with Crippen molar-refractivity contribution in [3.05, 3.63) is 54.1 Å². The Labute approximate surface area is 122 Å². The van der Waals surface area contributed by atoms with E-state index in [4.69, 9.17) is 5.73 Å². The first-order valence-corrected chi connectivity index (χ1v) is 7.42. The Morgan fingerprint density at radius 2 is 2.05 bits per heavy atom. The molecule has 2 rings (SSSR count). The number of nitrogens with one attached hydrogen (secondary N) is 1. The average molecular weight is 305 g/mol. The number of anilines is 1. The number of pyridine rings is 1. The maximum absolute atomic E-state index is 13.5. The molecular weight excluding hydrogens is 293 g/mol. The highest BCUT2D eigenvalue weighted by atomic mass is 32.2. The fraction of sp³-hybridized carbons (Fsp3) is 0.0714. The molecule has 0 unspecified atom stereocenters. The number of halogens is 1. The van der Waals surface area contributed by atoms with E-state index in [9.17, 15) is 12.8 Å². The van der Waals surface area contributed by atoms with Crippen LogP contribution in [0.15, 0.2) is 47.6 Å². The van der Waals surface area contributed by atoms with Gasteiger partial charge in [0.25, 0.3) is 10.0 Å². The maximum atomic E-state index is 13.5. The van der Waals surface area contributed by atoms with Gasteiger partial charge in [0.1, 0.15) is 10.7 Å². The molecule has 0 spiro atoms. The Kier molecular flexibility index (Phi) is 4.52. The molecule has 0 saturated heterocycles. The predicted molar refractivity (Wildman–Crippen MR) is 77.4 cm³/mol. The number of benzene rings is 1. The molecule has 0 amide bonds. The third kappa shape index (κ3) is 3.78. The second-order valence-electron chi connectivity index (χ2n) is 4.00. The van der Waals surface area contributed by atoms with Crippen LogP contribution in [-0.4, -0.2) is 19.9 Å². The second kappa shape index (κ2) is 6.35. The van der Waals surface area contributed by atoms with Gasteiger partial charge < -0.3 is 5.73 Å². The van der Waals surface area contributed by atoms with Crippen molar-refractivity contribution in [1.29, 1.82) is 0 Å². The molecule has 1 aromatic carbocycles. The van der Waals surface area contributed by atoms with E-state index < -0.39 is 15.8 Å². The van der Waals surface area contributed by atoms with E-state index >= 15 is 0 Å². The summed E-state index contributed by atoms with van der Waals surface area (Å²) >= 11 is 0. The van der Waals surface area contributed by atoms with Crippen LogP contribution in [-0.2, 0) is 10.0 Å². The van der Waals surface area contributed by atoms with Gasteiger partial charge in [-0.15, -0.1) is 0 Å². The fourth-order valence-electron chi connectivity index (χ4n) is 1.53. The quantitative estimate of drug-likeness (QED) is 0.838. The van der Waals surface area contributed by atoms with Gasteiger partial charge in [0, 0.05) is 18.0 Å². The molecule has 3 N–H and O–H groups in total. The van der Waals surface area contributed by atoms with Crippen molar-refractivity contribution >= 4 is 15.7 Å². The summed E-state index contributed by atoms with van der Waals surface area (Å²) in [7, 11) is -3.93. The Balaban J connectivity index is 2.34. The van der Waals surface area contributed by atoms with E-state index in [-0.39, 0.29) is 17.1 Å². The number of aromatic nitrogens is 1. The van der Waals surface area contributed by atoms with Gasteiger partial charge in [-0.25, -0.2) is 12.8 Å². The average Bonchev–Trinajstić information content (AvgIpc) is 2.48. The Morgan fingerprint density at radius 1 is 1.29 bits per heavy atom. The number of nitrogens with two attached hydrogens (primary N) is 1. The van der Waals surface area contributed by atoms with Crippen LogP contribution in [0.25, 0.3) is 0 Å². The standard InChI is InChI=1S/C14H12FN3O2S/c15-13-5-1-2-6-14(13)18-21(19,20)12-8-11(4-3-7-16)9-17-10-12/h1-2,5-6,8-10,18H,7,16H2. The Morgan fingerprint density at radius 3 is 2.76 bits per heavy atom. The van der Waals surface area contributed by atoms with Gasteiger partial charge in [-0.1, -0.05) is 24.0 Å². The lowest BCUT2D eigenvalue weighted by atomic mass is 10.3. The highest BCUT2D eigenvalue weighted by Gasteiger charge is 2.16. The third-order valence-electron chi connectivity index (χ3n) is 2.48. The van der Waals surface area contributed by atoms with Crippen molar-refractivity contribution in [1.82, 2.24) is 4.98 Å². The van der Waals surface area contributed by atoms with Crippen molar-refractivity contribution in [2.45, 2.75) is 4.90 Å². The lowest BCUT2D eigenvalue weighted by molar-refractivity contribution is 0.598. The van der Waals surface area contributed by atoms with Crippen molar-refractivity contribution in [2.75, 3.05) is 11.3 Å². The van der Waals surface area contributed by atoms with Crippen molar-refractivity contribution < 1.29 is 12.8 Å². The van der Waals surface area contributed by atoms with Crippen LogP contribution >= 0.6 is 0 Å². The second-order valence-corrected chi connectivity index (χ2v) is 5.68. The SMILES string of the molecule is NCC#Cc1cncc(S(=O)(=O)Nc2ccccc2F)c1. The van der Waals surface area contributed by atoms with Gasteiger partial charge in [-0.2, -0.15) is 0 Å². The van der Waals surface area contributed by atoms with Crippen LogP contribution in [0.3, 0.4) is 0 Å². The lowest BCUT2D eigenvalue weighted by Crippen LogP contribution is -2.14. The van der Waals surface area contributed by atoms with E-state index in [1.54, 1.807) is 0 Å². The molecule has 1 aromatic heterocycles. The zero-order valence-corrected chi connectivity index (χ0v) is 11.7. The van der Waals surface area contributed by atoms with Crippen molar-refractivity contribution in [2.24, 2.45) is 5.73 Å². The summed E-state index contributed by atoms with van der Waals surface area (Å²) in [4.78, 5) is 3.71. The number of nitrogens with zero attached hydrogens (tertiary/aromatic N) is 1. The van der Waals surface area contributed by atoms with Crippen LogP contribution in [0.1, 0.15) is 5.56 Å². The number of para-hydroxylation sites is 1. The molecule has 7 heteroatoms. The summed E-state index contributed by atoms with van der Waals surface area (Å²) in [6.45, 7) is 0.157. The Hall–Kier alpha value is -2.43. The van der Waals surface area contributed by atoms with E-state index in [2.05, 4.69) is 21.5 Å². The summed E-state index contributed by atoms with van der Waals surface area (Å²) in [6.07, 6.45) is 2.58. The van der Waals surface area contributed by atoms with Gasteiger partial charge in [0.2, 0.25) is 0 Å². The predicted octanol–water partition coefficient (Wildman–Crippen LogP) is 1.33. The summed E-state index contributed by atoms with van der Waals surface area (Å²) in [5.41, 5.74) is 5.54. The summed E-state index contributed by atoms with van der Waals surface area (Å²) in [5.74, 6) is 4.63. The van der Waals surface area contributed by atoms with Crippen molar-refractivity contribution in [3.63, 3.8) is 0 Å². The van der Waals surface area contributed by atoms with E-state index in [0.717, 1.165) is 6.20 Å². The van der Waals surface area contributed by atoms with Gasteiger partial charge in [-0.05, 0) is 18.2 Å². The molecule has 0 fully saturated rings. The summed E-state index contributed by atoms with van der Waals surface area (Å²) in [6, 6.07) is 6.84. The highest BCUT2D eigenvalue weighted by molar-refractivity contribution is 7.92. The third-order valence-corrected chi connectivity index (χ3v) is 3.81. The summed E-state index contributed by atoms with van der Waals surface area (Å²) < 4.78 is 40.1. The number of sulfonamides is 1. The molecule has 2 aromatic rings. The first-order chi connectivity index (χ1) is 10.0. The molecule has 0 atom stereocenters. The first-order valence-electron chi connectivity index (χ1n) is 5.94. The highest BCUT2D eigenvalue weighted by Crippen LogP contribution is 2.18. The van der Waals surface area contributed by atoms with Gasteiger partial charge in [0.05, 0.1) is 12.2 Å². The number of hydrogen-bond acceptors (Lipinski definition) is 4. The minimum absolute atomic E-state index is 0.102. The topological polar surface area (TPSA) is 85.1 Å². The molecule has 0 bridgehead atoms. The molecule has 0 aliphatic carbocycles. The smallest absolute Gasteiger partial charge is 0.263 e. The molecule has 0 radical (unpaired) electrons. The zero-order valence-electron chi connectivity index (χ0n) is 10.9. The molecule has 5 nitrogen and oxygen atoms in total. The molecule has 21 heavy (non-hydrogen) atoms. The minimum Gasteiger partial charge on any atom is -0.320 e. The Bertz CT molecular complexity index is 810. The molecular formula is C14H12FN3O2S. The monoisotopic (exact) mass is 305 g/mol. The van der Waals surface area contributed by atoms with E-state index in [0.29, 0.717) is 5.56 Å². The van der Waals surface area contributed by atoms with Gasteiger partial charge in [-0.3, -0.25) is 9.71 Å². The minimum atomic E-state index is -3.93. The van der Waals surface area contributed by atoms with Crippen molar-refractivity contribution in [3.8, 4) is 11.8 Å². The number of hydrogen-bond donors (Lipinski definition) is 2. The normalized spacial score (nSPS) is 10.6. The first kappa shape index (κ1) is 15.0. The maximum Gasteiger partial charge on any atom is 0.263 e. The summed E-state index contributed by atoms with van der Waals surface area (Å²) in [5, 5.41) is 0. The zero-order chi connectivity index (χ0) is 15.3. The van der Waals surface area contributed by atoms with E-state index in [1.807, 2.05) is 0 Å². The van der Waals surface area contributed by atoms with Gasteiger partial charge >= 0.3 is 0 Å². The van der Waals surface area contributed by atoms with E-state index in [1.165, 1.54) is 36.5 Å². The largest absolute Gasteiger partial charge is 0.320 e. The number of rotatable bonds is 3. The van der Waals surface area contributed by atoms with Gasteiger partial charge in [0.15, 0.2) is 0 Å².